The van der Waals surface area contributed by atoms with Crippen molar-refractivity contribution in [3.8, 4) is 0 Å². The lowest BCUT2D eigenvalue weighted by atomic mass is 9.74. The molecule has 2 nitrogen and oxygen atoms in total. The number of ether oxygens (including phenoxy) is 1. The monoisotopic (exact) mass is 228 g/mol. The minimum Gasteiger partial charge on any atom is -0.390 e. The van der Waals surface area contributed by atoms with E-state index < -0.39 is 0 Å². The Kier molecular flexibility index (Phi) is 5.77. The van der Waals surface area contributed by atoms with Crippen LogP contribution in [0.15, 0.2) is 0 Å². The maximum Gasteiger partial charge on any atom is 0.0829 e. The second-order valence-electron chi connectivity index (χ2n) is 5.76. The molecule has 1 unspecified atom stereocenters. The predicted octanol–water partition coefficient (Wildman–Crippen LogP) is 3.38. The van der Waals surface area contributed by atoms with Crippen molar-refractivity contribution in [2.75, 3.05) is 13.2 Å². The van der Waals surface area contributed by atoms with E-state index in [-0.39, 0.29) is 11.5 Å². The highest BCUT2D eigenvalue weighted by atomic mass is 16.5. The highest BCUT2D eigenvalue weighted by Crippen LogP contribution is 2.45. The van der Waals surface area contributed by atoms with E-state index >= 15 is 0 Å². The smallest absolute Gasteiger partial charge is 0.0829 e. The predicted molar refractivity (Wildman–Crippen MR) is 67.5 cm³/mol. The van der Waals surface area contributed by atoms with Crippen LogP contribution in [-0.4, -0.2) is 24.4 Å². The van der Waals surface area contributed by atoms with E-state index in [1.165, 1.54) is 25.7 Å². The third-order valence-corrected chi connectivity index (χ3v) is 3.75. The van der Waals surface area contributed by atoms with Gasteiger partial charge in [-0.1, -0.05) is 33.6 Å². The molecule has 0 amide bonds. The Morgan fingerprint density at radius 3 is 2.38 bits per heavy atom. The third-order valence-electron chi connectivity index (χ3n) is 3.75. The molecule has 1 N–H and O–H groups in total. The lowest BCUT2D eigenvalue weighted by molar-refractivity contribution is -0.0486. The molecule has 1 rings (SSSR count). The number of rotatable bonds is 7. The fraction of sp³-hybridized carbons (Fsp3) is 1.00. The SMILES string of the molecule is CCCOCC(O)C1(CC(C)C)CCCC1. The first-order valence-electron chi connectivity index (χ1n) is 6.86. The Hall–Kier alpha value is -0.0800. The van der Waals surface area contributed by atoms with Gasteiger partial charge in [-0.25, -0.2) is 0 Å². The van der Waals surface area contributed by atoms with Crippen LogP contribution in [0.25, 0.3) is 0 Å². The zero-order chi connectivity index (χ0) is 12.0. The molecule has 1 aliphatic rings. The van der Waals surface area contributed by atoms with Gasteiger partial charge in [0, 0.05) is 6.61 Å². The summed E-state index contributed by atoms with van der Waals surface area (Å²) >= 11 is 0. The highest BCUT2D eigenvalue weighted by molar-refractivity contribution is 4.91. The van der Waals surface area contributed by atoms with Crippen LogP contribution in [0.4, 0.5) is 0 Å². The molecular weight excluding hydrogens is 200 g/mol. The molecule has 0 aromatic heterocycles. The summed E-state index contributed by atoms with van der Waals surface area (Å²) in [5.41, 5.74) is 0.155. The van der Waals surface area contributed by atoms with E-state index in [9.17, 15) is 5.11 Å². The van der Waals surface area contributed by atoms with Gasteiger partial charge < -0.3 is 9.84 Å². The minimum atomic E-state index is -0.260. The molecule has 1 fully saturated rings. The molecule has 1 aliphatic carbocycles. The average Bonchev–Trinajstić information content (AvgIpc) is 2.67. The van der Waals surface area contributed by atoms with Gasteiger partial charge in [-0.15, -0.1) is 0 Å². The summed E-state index contributed by atoms with van der Waals surface area (Å²) in [6.07, 6.45) is 6.83. The topological polar surface area (TPSA) is 29.5 Å². The summed E-state index contributed by atoms with van der Waals surface area (Å²) in [6.45, 7) is 7.90. The van der Waals surface area contributed by atoms with Crippen LogP contribution in [0.3, 0.4) is 0 Å². The zero-order valence-corrected chi connectivity index (χ0v) is 11.2. The third kappa shape index (κ3) is 3.74. The number of aliphatic hydroxyl groups excluding tert-OH is 1. The molecule has 1 atom stereocenters. The molecule has 0 aliphatic heterocycles. The summed E-state index contributed by atoms with van der Waals surface area (Å²) < 4.78 is 5.51. The molecule has 0 radical (unpaired) electrons. The van der Waals surface area contributed by atoms with Crippen molar-refractivity contribution in [1.82, 2.24) is 0 Å². The van der Waals surface area contributed by atoms with Gasteiger partial charge in [-0.05, 0) is 37.0 Å². The summed E-state index contributed by atoms with van der Waals surface area (Å²) in [5, 5.41) is 10.3. The van der Waals surface area contributed by atoms with Crippen LogP contribution in [0.2, 0.25) is 0 Å². The van der Waals surface area contributed by atoms with E-state index in [4.69, 9.17) is 4.74 Å². The van der Waals surface area contributed by atoms with Gasteiger partial charge in [-0.2, -0.15) is 0 Å². The summed E-state index contributed by atoms with van der Waals surface area (Å²) in [4.78, 5) is 0. The molecule has 0 aromatic carbocycles. The van der Waals surface area contributed by atoms with Crippen molar-refractivity contribution in [3.05, 3.63) is 0 Å². The van der Waals surface area contributed by atoms with Crippen LogP contribution in [0.5, 0.6) is 0 Å². The zero-order valence-electron chi connectivity index (χ0n) is 11.2. The van der Waals surface area contributed by atoms with Crippen LogP contribution in [0, 0.1) is 11.3 Å². The lowest BCUT2D eigenvalue weighted by Gasteiger charge is -2.35. The molecule has 16 heavy (non-hydrogen) atoms. The van der Waals surface area contributed by atoms with Crippen molar-refractivity contribution in [3.63, 3.8) is 0 Å². The molecule has 0 spiro atoms. The second-order valence-corrected chi connectivity index (χ2v) is 5.76. The molecule has 0 aromatic rings. The quantitative estimate of drug-likeness (QED) is 0.677. The summed E-state index contributed by atoms with van der Waals surface area (Å²) in [5.74, 6) is 0.666. The van der Waals surface area contributed by atoms with Crippen LogP contribution >= 0.6 is 0 Å². The van der Waals surface area contributed by atoms with E-state index in [2.05, 4.69) is 20.8 Å². The van der Waals surface area contributed by atoms with E-state index in [0.717, 1.165) is 19.4 Å². The van der Waals surface area contributed by atoms with Crippen LogP contribution in [-0.2, 0) is 4.74 Å². The summed E-state index contributed by atoms with van der Waals surface area (Å²) in [6, 6.07) is 0. The van der Waals surface area contributed by atoms with E-state index in [0.29, 0.717) is 12.5 Å². The molecule has 0 heterocycles. The van der Waals surface area contributed by atoms with E-state index in [1.807, 2.05) is 0 Å². The van der Waals surface area contributed by atoms with Gasteiger partial charge in [0.2, 0.25) is 0 Å². The van der Waals surface area contributed by atoms with Crippen LogP contribution < -0.4 is 0 Å². The largest absolute Gasteiger partial charge is 0.390 e. The van der Waals surface area contributed by atoms with Crippen molar-refractivity contribution >= 4 is 0 Å². The first kappa shape index (κ1) is 14.0. The summed E-state index contributed by atoms with van der Waals surface area (Å²) in [7, 11) is 0. The maximum absolute atomic E-state index is 10.3. The molecule has 0 saturated heterocycles. The maximum atomic E-state index is 10.3. The van der Waals surface area contributed by atoms with Gasteiger partial charge in [0.1, 0.15) is 0 Å². The second kappa shape index (κ2) is 6.61. The minimum absolute atomic E-state index is 0.155. The van der Waals surface area contributed by atoms with Crippen molar-refractivity contribution in [2.45, 2.75) is 65.4 Å². The first-order valence-corrected chi connectivity index (χ1v) is 6.86. The van der Waals surface area contributed by atoms with Gasteiger partial charge in [-0.3, -0.25) is 0 Å². The Labute approximate surface area is 100 Å². The molecule has 96 valence electrons. The number of aliphatic hydroxyl groups is 1. The fourth-order valence-corrected chi connectivity index (χ4v) is 3.08. The fourth-order valence-electron chi connectivity index (χ4n) is 3.08. The Morgan fingerprint density at radius 2 is 1.88 bits per heavy atom. The lowest BCUT2D eigenvalue weighted by Crippen LogP contribution is -2.37. The number of hydrogen-bond acceptors (Lipinski definition) is 2. The van der Waals surface area contributed by atoms with Crippen molar-refractivity contribution in [2.24, 2.45) is 11.3 Å². The molecular formula is C14H28O2. The average molecular weight is 228 g/mol. The Balaban J connectivity index is 2.48. The van der Waals surface area contributed by atoms with Crippen LogP contribution in [0.1, 0.15) is 59.3 Å². The number of hydrogen-bond donors (Lipinski definition) is 1. The van der Waals surface area contributed by atoms with Gasteiger partial charge in [0.05, 0.1) is 12.7 Å². The molecule has 1 saturated carbocycles. The first-order chi connectivity index (χ1) is 7.60. The Bertz CT molecular complexity index is 183. The Morgan fingerprint density at radius 1 is 1.25 bits per heavy atom. The highest BCUT2D eigenvalue weighted by Gasteiger charge is 2.40. The molecule has 2 heteroatoms. The van der Waals surface area contributed by atoms with Gasteiger partial charge >= 0.3 is 0 Å². The normalized spacial score (nSPS) is 21.6. The standard InChI is InChI=1S/C14H28O2/c1-4-9-16-11-13(15)14(10-12(2)3)7-5-6-8-14/h12-13,15H,4-11H2,1-3H3. The van der Waals surface area contributed by atoms with Crippen molar-refractivity contribution in [1.29, 1.82) is 0 Å². The molecule has 0 bridgehead atoms. The van der Waals surface area contributed by atoms with Gasteiger partial charge in [0.15, 0.2) is 0 Å². The van der Waals surface area contributed by atoms with Gasteiger partial charge in [0.25, 0.3) is 0 Å². The van der Waals surface area contributed by atoms with E-state index in [1.54, 1.807) is 0 Å². The van der Waals surface area contributed by atoms with Crippen molar-refractivity contribution < 1.29 is 9.84 Å².